The fourth-order valence-corrected chi connectivity index (χ4v) is 3.02. The lowest BCUT2D eigenvalue weighted by atomic mass is 9.95. The van der Waals surface area contributed by atoms with Crippen LogP contribution in [0.3, 0.4) is 0 Å². The first-order chi connectivity index (χ1) is 14.8. The second-order valence-corrected chi connectivity index (χ2v) is 6.95. The highest BCUT2D eigenvalue weighted by molar-refractivity contribution is 5.93. The van der Waals surface area contributed by atoms with Crippen molar-refractivity contribution in [1.82, 2.24) is 4.90 Å². The maximum Gasteiger partial charge on any atom is 0.328 e. The van der Waals surface area contributed by atoms with Crippen molar-refractivity contribution in [2.24, 2.45) is 0 Å². The number of rotatable bonds is 6. The normalized spacial score (nSPS) is 14.4. The van der Waals surface area contributed by atoms with E-state index in [1.54, 1.807) is 0 Å². The molecular formula is C24H24N2O5. The third-order valence-electron chi connectivity index (χ3n) is 4.42. The number of ether oxygens (including phenoxy) is 1. The molecule has 0 spiro atoms. The van der Waals surface area contributed by atoms with Gasteiger partial charge in [0.15, 0.2) is 0 Å². The zero-order valence-corrected chi connectivity index (χ0v) is 17.4. The Kier molecular flexibility index (Phi) is 8.70. The summed E-state index contributed by atoms with van der Waals surface area (Å²) in [5, 5.41) is 25.2. The van der Waals surface area contributed by atoms with Gasteiger partial charge < -0.3 is 19.8 Å². The monoisotopic (exact) mass is 420 g/mol. The molecule has 1 aliphatic rings. The zero-order chi connectivity index (χ0) is 22.8. The van der Waals surface area contributed by atoms with Crippen LogP contribution in [0.15, 0.2) is 60.7 Å². The molecule has 1 aliphatic carbocycles. The minimum absolute atomic E-state index is 0.149. The highest BCUT2D eigenvalue weighted by Gasteiger charge is 2.24. The van der Waals surface area contributed by atoms with Crippen LogP contribution < -0.4 is 0 Å². The van der Waals surface area contributed by atoms with Gasteiger partial charge in [-0.1, -0.05) is 48.5 Å². The Bertz CT molecular complexity index is 1020. The van der Waals surface area contributed by atoms with E-state index in [1.807, 2.05) is 56.6 Å². The number of hydrogen-bond acceptors (Lipinski definition) is 5. The molecule has 0 saturated carbocycles. The van der Waals surface area contributed by atoms with E-state index >= 15 is 0 Å². The maximum absolute atomic E-state index is 9.56. The van der Waals surface area contributed by atoms with E-state index in [1.165, 1.54) is 0 Å². The van der Waals surface area contributed by atoms with Crippen molar-refractivity contribution in [2.75, 3.05) is 27.2 Å². The third-order valence-corrected chi connectivity index (χ3v) is 4.42. The topological polar surface area (TPSA) is 111 Å². The van der Waals surface area contributed by atoms with Crippen LogP contribution in [-0.4, -0.2) is 54.3 Å². The molecular weight excluding hydrogens is 396 g/mol. The van der Waals surface area contributed by atoms with Crippen molar-refractivity contribution >= 4 is 23.6 Å². The average Bonchev–Trinajstić information content (AvgIpc) is 2.87. The highest BCUT2D eigenvalue weighted by atomic mass is 16.5. The van der Waals surface area contributed by atoms with Crippen LogP contribution in [0.25, 0.3) is 11.6 Å². The van der Waals surface area contributed by atoms with Gasteiger partial charge in [0, 0.05) is 18.7 Å². The fraction of sp³-hybridized carbons (Fsp3) is 0.208. The molecule has 0 amide bonds. The first kappa shape index (κ1) is 23.5. The molecule has 31 heavy (non-hydrogen) atoms. The van der Waals surface area contributed by atoms with Crippen molar-refractivity contribution in [3.05, 3.63) is 82.9 Å². The maximum atomic E-state index is 9.56. The second kappa shape index (κ2) is 11.5. The number of likely N-dealkylation sites (N-methyl/N-ethyl adjacent to an activating group) is 1. The second-order valence-electron chi connectivity index (χ2n) is 6.95. The van der Waals surface area contributed by atoms with E-state index in [4.69, 9.17) is 14.9 Å². The Hall–Kier alpha value is -3.73. The molecule has 1 unspecified atom stereocenters. The van der Waals surface area contributed by atoms with Crippen LogP contribution in [0.4, 0.5) is 0 Å². The van der Waals surface area contributed by atoms with Gasteiger partial charge in [0.25, 0.3) is 0 Å². The quantitative estimate of drug-likeness (QED) is 0.689. The molecule has 7 nitrogen and oxygen atoms in total. The number of carboxylic acid groups (broad SMARTS) is 2. The highest BCUT2D eigenvalue weighted by Crippen LogP contribution is 2.38. The number of allylic oxidation sites excluding steroid dienone is 1. The first-order valence-electron chi connectivity index (χ1n) is 9.53. The van der Waals surface area contributed by atoms with Crippen molar-refractivity contribution in [1.29, 1.82) is 5.26 Å². The van der Waals surface area contributed by atoms with Gasteiger partial charge in [0.05, 0.1) is 18.2 Å². The van der Waals surface area contributed by atoms with E-state index in [0.717, 1.165) is 28.8 Å². The van der Waals surface area contributed by atoms with E-state index in [2.05, 4.69) is 23.1 Å². The lowest BCUT2D eigenvalue weighted by molar-refractivity contribution is -0.134. The molecule has 0 saturated heterocycles. The summed E-state index contributed by atoms with van der Waals surface area (Å²) in [5.74, 6) is -2.51. The zero-order valence-electron chi connectivity index (χ0n) is 17.4. The van der Waals surface area contributed by atoms with Gasteiger partial charge in [-0.2, -0.15) is 5.26 Å². The van der Waals surface area contributed by atoms with Crippen molar-refractivity contribution in [3.8, 4) is 6.07 Å². The molecule has 2 aromatic carbocycles. The Morgan fingerprint density at radius 2 is 1.61 bits per heavy atom. The number of nitrogens with zero attached hydrogens (tertiary/aromatic N) is 2. The van der Waals surface area contributed by atoms with Gasteiger partial charge in [-0.15, -0.1) is 0 Å². The minimum Gasteiger partial charge on any atom is -0.478 e. The van der Waals surface area contributed by atoms with Crippen LogP contribution in [0.1, 0.15) is 28.4 Å². The van der Waals surface area contributed by atoms with Gasteiger partial charge >= 0.3 is 11.9 Å². The average molecular weight is 420 g/mol. The van der Waals surface area contributed by atoms with Gasteiger partial charge in [0.1, 0.15) is 6.10 Å². The standard InChI is InChI=1S/C20H20N2O.C4H4O4/c1-22(2)11-12-23-20-18-9-4-3-7-15(18)13-16(14-21)17-8-5-6-10-19(17)20;5-3(6)1-2-4(7)8/h3-10,13,20H,11-12H2,1-2H3;1-2H,(H,5,6)(H,7,8)/b;2-1-. The van der Waals surface area contributed by atoms with E-state index < -0.39 is 11.9 Å². The number of benzene rings is 2. The number of carboxylic acids is 2. The third kappa shape index (κ3) is 6.93. The van der Waals surface area contributed by atoms with Crippen LogP contribution in [0, 0.1) is 11.3 Å². The lowest BCUT2D eigenvalue weighted by Gasteiger charge is -2.22. The molecule has 0 bridgehead atoms. The number of carbonyl (C=O) groups is 2. The molecule has 0 radical (unpaired) electrons. The van der Waals surface area contributed by atoms with Gasteiger partial charge in [-0.25, -0.2) is 9.59 Å². The van der Waals surface area contributed by atoms with Crippen molar-refractivity contribution in [3.63, 3.8) is 0 Å². The predicted octanol–water partition coefficient (Wildman–Crippen LogP) is 3.44. The van der Waals surface area contributed by atoms with Crippen molar-refractivity contribution in [2.45, 2.75) is 6.10 Å². The van der Waals surface area contributed by atoms with Crippen LogP contribution in [0.2, 0.25) is 0 Å². The SMILES string of the molecule is CN(C)CCOC1c2ccccc2C=C(C#N)c2ccccc21.O=C(O)/C=C\C(=O)O. The fourth-order valence-electron chi connectivity index (χ4n) is 3.02. The number of nitriles is 1. The minimum atomic E-state index is -1.26. The van der Waals surface area contributed by atoms with Crippen molar-refractivity contribution < 1.29 is 24.5 Å². The summed E-state index contributed by atoms with van der Waals surface area (Å²) in [6.45, 7) is 1.50. The summed E-state index contributed by atoms with van der Waals surface area (Å²) in [4.78, 5) is 21.2. The van der Waals surface area contributed by atoms with Gasteiger partial charge in [-0.05, 0) is 42.4 Å². The Morgan fingerprint density at radius 3 is 2.19 bits per heavy atom. The molecule has 0 aromatic heterocycles. The van der Waals surface area contributed by atoms with Crippen LogP contribution >= 0.6 is 0 Å². The molecule has 160 valence electrons. The largest absolute Gasteiger partial charge is 0.478 e. The van der Waals surface area contributed by atoms with E-state index in [0.29, 0.717) is 24.3 Å². The molecule has 2 N–H and O–H groups in total. The number of hydrogen-bond donors (Lipinski definition) is 2. The number of aliphatic carboxylic acids is 2. The summed E-state index contributed by atoms with van der Waals surface area (Å²) in [6.07, 6.45) is 2.93. The summed E-state index contributed by atoms with van der Waals surface area (Å²) in [7, 11) is 4.07. The Balaban J connectivity index is 0.000000366. The molecule has 3 rings (SSSR count). The summed E-state index contributed by atoms with van der Waals surface area (Å²) < 4.78 is 6.24. The first-order valence-corrected chi connectivity index (χ1v) is 9.53. The number of fused-ring (bicyclic) bond motifs is 2. The van der Waals surface area contributed by atoms with Crippen LogP contribution in [-0.2, 0) is 14.3 Å². The van der Waals surface area contributed by atoms with E-state index in [9.17, 15) is 14.9 Å². The summed E-state index contributed by atoms with van der Waals surface area (Å²) in [5.41, 5.74) is 4.87. The molecule has 0 heterocycles. The van der Waals surface area contributed by atoms with E-state index in [-0.39, 0.29) is 6.10 Å². The summed E-state index contributed by atoms with van der Waals surface area (Å²) >= 11 is 0. The van der Waals surface area contributed by atoms with Gasteiger partial charge in [0.2, 0.25) is 0 Å². The lowest BCUT2D eigenvalue weighted by Crippen LogP contribution is -2.20. The molecule has 0 aliphatic heterocycles. The Labute approximate surface area is 181 Å². The molecule has 1 atom stereocenters. The molecule has 7 heteroatoms. The smallest absolute Gasteiger partial charge is 0.328 e. The molecule has 2 aromatic rings. The molecule has 0 fully saturated rings. The van der Waals surface area contributed by atoms with Gasteiger partial charge in [-0.3, -0.25) is 0 Å². The van der Waals surface area contributed by atoms with Crippen LogP contribution in [0.5, 0.6) is 0 Å². The summed E-state index contributed by atoms with van der Waals surface area (Å²) in [6, 6.07) is 18.5. The Morgan fingerprint density at radius 1 is 1.03 bits per heavy atom. The predicted molar refractivity (Wildman–Crippen MR) is 117 cm³/mol.